The molecule has 5 nitrogen and oxygen atoms in total. The van der Waals surface area contributed by atoms with Crippen LogP contribution in [-0.4, -0.2) is 42.1 Å². The van der Waals surface area contributed by atoms with Gasteiger partial charge >= 0.3 is 0 Å². The van der Waals surface area contributed by atoms with E-state index in [0.29, 0.717) is 29.5 Å². The van der Waals surface area contributed by atoms with Gasteiger partial charge in [-0.2, -0.15) is 0 Å². The number of rotatable bonds is 1. The first-order valence-corrected chi connectivity index (χ1v) is 6.65. The van der Waals surface area contributed by atoms with Crippen LogP contribution in [0.1, 0.15) is 12.8 Å². The molecule has 2 aliphatic rings. The van der Waals surface area contributed by atoms with Gasteiger partial charge in [-0.05, 0) is 0 Å². The minimum atomic E-state index is -0.390. The highest BCUT2D eigenvalue weighted by Gasteiger charge is 2.40. The predicted molar refractivity (Wildman–Crippen MR) is 68.1 cm³/mol. The van der Waals surface area contributed by atoms with Crippen LogP contribution < -0.4 is 4.90 Å². The topological polar surface area (TPSA) is 47.5 Å². The minimum Gasteiger partial charge on any atom is -0.347 e. The van der Waals surface area contributed by atoms with Crippen molar-refractivity contribution in [3.05, 3.63) is 16.4 Å². The van der Waals surface area contributed by atoms with Crippen LogP contribution >= 0.6 is 23.2 Å². The van der Waals surface area contributed by atoms with Crippen LogP contribution in [-0.2, 0) is 9.47 Å². The number of nitrogens with zero attached hydrogens (tertiary/aromatic N) is 3. The highest BCUT2D eigenvalue weighted by atomic mass is 35.5. The van der Waals surface area contributed by atoms with E-state index in [-0.39, 0.29) is 0 Å². The van der Waals surface area contributed by atoms with E-state index in [2.05, 4.69) is 9.97 Å². The Balaban J connectivity index is 1.72. The van der Waals surface area contributed by atoms with Gasteiger partial charge in [-0.3, -0.25) is 0 Å². The molecule has 98 valence electrons. The lowest BCUT2D eigenvalue weighted by atomic mass is 10.0. The van der Waals surface area contributed by atoms with Gasteiger partial charge < -0.3 is 14.4 Å². The minimum absolute atomic E-state index is 0.360. The van der Waals surface area contributed by atoms with E-state index in [1.807, 2.05) is 4.90 Å². The van der Waals surface area contributed by atoms with Crippen molar-refractivity contribution in [1.29, 1.82) is 0 Å². The third-order valence-electron chi connectivity index (χ3n) is 3.27. The maximum absolute atomic E-state index is 5.88. The van der Waals surface area contributed by atoms with Crippen LogP contribution in [0.4, 0.5) is 5.95 Å². The molecule has 1 aromatic rings. The molecule has 0 aliphatic carbocycles. The Morgan fingerprint density at radius 1 is 1.06 bits per heavy atom. The summed E-state index contributed by atoms with van der Waals surface area (Å²) in [7, 11) is 0. The summed E-state index contributed by atoms with van der Waals surface area (Å²) in [6, 6.07) is 1.53. The molecule has 0 bridgehead atoms. The highest BCUT2D eigenvalue weighted by Crippen LogP contribution is 2.32. The summed E-state index contributed by atoms with van der Waals surface area (Å²) in [4.78, 5) is 10.4. The zero-order valence-corrected chi connectivity index (χ0v) is 11.2. The van der Waals surface area contributed by atoms with Crippen LogP contribution in [0.15, 0.2) is 6.07 Å². The fraction of sp³-hybridized carbons (Fsp3) is 0.636. The molecule has 0 amide bonds. The third kappa shape index (κ3) is 2.40. The summed E-state index contributed by atoms with van der Waals surface area (Å²) in [5.74, 6) is 0.180. The maximum atomic E-state index is 5.88. The van der Waals surface area contributed by atoms with Gasteiger partial charge in [0.05, 0.1) is 13.2 Å². The quantitative estimate of drug-likeness (QED) is 0.741. The van der Waals surface area contributed by atoms with E-state index >= 15 is 0 Å². The molecule has 1 aromatic heterocycles. The van der Waals surface area contributed by atoms with E-state index in [9.17, 15) is 0 Å². The molecular weight excluding hydrogens is 277 g/mol. The second-order valence-corrected chi connectivity index (χ2v) is 5.18. The molecule has 3 rings (SSSR count). The highest BCUT2D eigenvalue weighted by molar-refractivity contribution is 6.33. The van der Waals surface area contributed by atoms with Gasteiger partial charge in [0.15, 0.2) is 5.79 Å². The second-order valence-electron chi connectivity index (χ2n) is 4.41. The van der Waals surface area contributed by atoms with Crippen molar-refractivity contribution in [2.45, 2.75) is 18.6 Å². The standard InChI is InChI=1S/C11H13Cl2N3O2/c12-8-7-9(13)15-10(14-8)16-3-1-11(2-4-16)17-5-6-18-11/h7H,1-6H2. The number of ether oxygens (including phenoxy) is 2. The van der Waals surface area contributed by atoms with Crippen LogP contribution in [0.2, 0.25) is 10.3 Å². The average molecular weight is 290 g/mol. The summed E-state index contributed by atoms with van der Waals surface area (Å²) in [5.41, 5.74) is 0. The van der Waals surface area contributed by atoms with Crippen molar-refractivity contribution in [3.8, 4) is 0 Å². The van der Waals surface area contributed by atoms with Crippen molar-refractivity contribution in [2.75, 3.05) is 31.2 Å². The summed E-state index contributed by atoms with van der Waals surface area (Å²) < 4.78 is 11.3. The van der Waals surface area contributed by atoms with Crippen LogP contribution in [0.25, 0.3) is 0 Å². The monoisotopic (exact) mass is 289 g/mol. The van der Waals surface area contributed by atoms with Gasteiger partial charge in [-0.25, -0.2) is 9.97 Å². The SMILES string of the molecule is Clc1cc(Cl)nc(N2CCC3(CC2)OCCO3)n1. The first kappa shape index (κ1) is 12.4. The largest absolute Gasteiger partial charge is 0.347 e. The van der Waals surface area contributed by atoms with Crippen LogP contribution in [0.5, 0.6) is 0 Å². The van der Waals surface area contributed by atoms with Crippen LogP contribution in [0, 0.1) is 0 Å². The van der Waals surface area contributed by atoms with Gasteiger partial charge in [0, 0.05) is 32.0 Å². The van der Waals surface area contributed by atoms with Gasteiger partial charge in [0.25, 0.3) is 0 Å². The number of halogens is 2. The molecule has 0 aromatic carbocycles. The molecule has 0 unspecified atom stereocenters. The third-order valence-corrected chi connectivity index (χ3v) is 3.66. The van der Waals surface area contributed by atoms with E-state index in [4.69, 9.17) is 32.7 Å². The maximum Gasteiger partial charge on any atom is 0.228 e. The molecule has 0 saturated carbocycles. The molecule has 0 N–H and O–H groups in total. The Kier molecular flexibility index (Phi) is 3.32. The Morgan fingerprint density at radius 2 is 1.61 bits per heavy atom. The molecule has 1 spiro atoms. The Bertz CT molecular complexity index is 422. The van der Waals surface area contributed by atoms with Gasteiger partial charge in [-0.15, -0.1) is 0 Å². The lowest BCUT2D eigenvalue weighted by molar-refractivity contribution is -0.169. The molecule has 2 aliphatic heterocycles. The molecular formula is C11H13Cl2N3O2. The van der Waals surface area contributed by atoms with Crippen molar-refractivity contribution < 1.29 is 9.47 Å². The van der Waals surface area contributed by atoms with Crippen molar-refractivity contribution >= 4 is 29.2 Å². The van der Waals surface area contributed by atoms with Crippen LogP contribution in [0.3, 0.4) is 0 Å². The van der Waals surface area contributed by atoms with E-state index in [1.54, 1.807) is 0 Å². The predicted octanol–water partition coefficient (Wildman–Crippen LogP) is 2.13. The van der Waals surface area contributed by atoms with E-state index in [0.717, 1.165) is 25.9 Å². The number of piperidine rings is 1. The zero-order valence-electron chi connectivity index (χ0n) is 9.73. The molecule has 2 fully saturated rings. The van der Waals surface area contributed by atoms with Crippen molar-refractivity contribution in [2.24, 2.45) is 0 Å². The fourth-order valence-corrected chi connectivity index (χ4v) is 2.77. The van der Waals surface area contributed by atoms with Crippen molar-refractivity contribution in [3.63, 3.8) is 0 Å². The van der Waals surface area contributed by atoms with E-state index < -0.39 is 5.79 Å². The zero-order chi connectivity index (χ0) is 12.6. The average Bonchev–Trinajstić information content (AvgIpc) is 2.77. The Labute approximate surface area is 115 Å². The summed E-state index contributed by atoms with van der Waals surface area (Å²) in [6.45, 7) is 2.91. The second kappa shape index (κ2) is 4.81. The van der Waals surface area contributed by atoms with E-state index in [1.165, 1.54) is 6.07 Å². The summed E-state index contributed by atoms with van der Waals surface area (Å²) >= 11 is 11.8. The molecule has 7 heteroatoms. The number of anilines is 1. The first-order valence-electron chi connectivity index (χ1n) is 5.90. The van der Waals surface area contributed by atoms with Crippen molar-refractivity contribution in [1.82, 2.24) is 9.97 Å². The molecule has 3 heterocycles. The summed E-state index contributed by atoms with van der Waals surface area (Å²) in [5, 5.41) is 0.720. The molecule has 2 saturated heterocycles. The normalized spacial score (nSPS) is 22.7. The molecule has 0 atom stereocenters. The lowest BCUT2D eigenvalue weighted by Gasteiger charge is -2.37. The molecule has 18 heavy (non-hydrogen) atoms. The lowest BCUT2D eigenvalue weighted by Crippen LogP contribution is -2.45. The van der Waals surface area contributed by atoms with Gasteiger partial charge in [0.1, 0.15) is 10.3 Å². The summed E-state index contributed by atoms with van der Waals surface area (Å²) in [6.07, 6.45) is 1.61. The first-order chi connectivity index (χ1) is 8.67. The van der Waals surface area contributed by atoms with Gasteiger partial charge in [0.2, 0.25) is 5.95 Å². The van der Waals surface area contributed by atoms with Gasteiger partial charge in [-0.1, -0.05) is 23.2 Å². The smallest absolute Gasteiger partial charge is 0.228 e. The molecule has 0 radical (unpaired) electrons. The Morgan fingerprint density at radius 3 is 2.17 bits per heavy atom. The number of hydrogen-bond donors (Lipinski definition) is 0. The fourth-order valence-electron chi connectivity index (χ4n) is 2.35. The number of aromatic nitrogens is 2. The Hall–Kier alpha value is -0.620. The number of hydrogen-bond acceptors (Lipinski definition) is 5.